The predicted molar refractivity (Wildman–Crippen MR) is 111 cm³/mol. The molecule has 0 bridgehead atoms. The summed E-state index contributed by atoms with van der Waals surface area (Å²) in [5.74, 6) is -0.333. The summed E-state index contributed by atoms with van der Waals surface area (Å²) in [6.45, 7) is 2.00. The van der Waals surface area contributed by atoms with Gasteiger partial charge in [0, 0.05) is 18.7 Å². The average Bonchev–Trinajstić information content (AvgIpc) is 3.21. The van der Waals surface area contributed by atoms with Crippen molar-refractivity contribution < 1.29 is 9.53 Å². The van der Waals surface area contributed by atoms with Crippen molar-refractivity contribution in [1.82, 2.24) is 14.5 Å². The van der Waals surface area contributed by atoms with Crippen LogP contribution in [0.4, 0.5) is 0 Å². The van der Waals surface area contributed by atoms with Gasteiger partial charge in [-0.2, -0.15) is 0 Å². The first-order valence-electron chi connectivity index (χ1n) is 9.43. The van der Waals surface area contributed by atoms with Crippen molar-refractivity contribution >= 4 is 5.97 Å². The van der Waals surface area contributed by atoms with Crippen LogP contribution in [0.5, 0.6) is 0 Å². The van der Waals surface area contributed by atoms with E-state index in [4.69, 9.17) is 4.74 Å². The maximum atomic E-state index is 11.7. The van der Waals surface area contributed by atoms with Crippen molar-refractivity contribution in [2.75, 3.05) is 0 Å². The Kier molecular flexibility index (Phi) is 5.47. The van der Waals surface area contributed by atoms with E-state index < -0.39 is 6.10 Å². The van der Waals surface area contributed by atoms with Gasteiger partial charge in [-0.15, -0.1) is 0 Å². The lowest BCUT2D eigenvalue weighted by atomic mass is 10.1. The zero-order valence-electron chi connectivity index (χ0n) is 16.1. The van der Waals surface area contributed by atoms with E-state index in [-0.39, 0.29) is 5.97 Å². The molecule has 5 heteroatoms. The zero-order chi connectivity index (χ0) is 20.1. The van der Waals surface area contributed by atoms with Crippen molar-refractivity contribution in [3.63, 3.8) is 0 Å². The average molecular weight is 383 g/mol. The number of aromatic nitrogens is 3. The Balaban J connectivity index is 1.59. The molecular formula is C24H21N3O2. The van der Waals surface area contributed by atoms with Gasteiger partial charge in [-0.25, -0.2) is 4.98 Å². The SMILES string of the molecule is CC(=O)OC(c1ccccc1)c1cncn1Cc1ccc(-c2ccccc2)nc1. The molecular weight excluding hydrogens is 362 g/mol. The molecule has 0 amide bonds. The Morgan fingerprint density at radius 1 is 0.966 bits per heavy atom. The summed E-state index contributed by atoms with van der Waals surface area (Å²) in [7, 11) is 0. The number of hydrogen-bond acceptors (Lipinski definition) is 4. The molecule has 1 atom stereocenters. The fourth-order valence-corrected chi connectivity index (χ4v) is 3.27. The smallest absolute Gasteiger partial charge is 0.303 e. The van der Waals surface area contributed by atoms with Gasteiger partial charge < -0.3 is 9.30 Å². The van der Waals surface area contributed by atoms with Crippen molar-refractivity contribution in [1.29, 1.82) is 0 Å². The maximum absolute atomic E-state index is 11.7. The van der Waals surface area contributed by atoms with E-state index in [2.05, 4.69) is 16.0 Å². The van der Waals surface area contributed by atoms with E-state index in [1.807, 2.05) is 77.5 Å². The molecule has 0 saturated heterocycles. The Morgan fingerprint density at radius 2 is 1.69 bits per heavy atom. The minimum absolute atomic E-state index is 0.333. The standard InChI is InChI=1S/C24H21N3O2/c1-18(28)29-24(21-10-6-3-7-11-21)23-15-25-17-27(23)16-19-12-13-22(26-14-19)20-8-4-2-5-9-20/h2-15,17,24H,16H2,1H3. The number of nitrogens with zero attached hydrogens (tertiary/aromatic N) is 3. The molecule has 5 nitrogen and oxygen atoms in total. The second-order valence-electron chi connectivity index (χ2n) is 6.76. The summed E-state index contributed by atoms with van der Waals surface area (Å²) in [6.07, 6.45) is 4.86. The molecule has 0 N–H and O–H groups in total. The molecule has 144 valence electrons. The van der Waals surface area contributed by atoms with Crippen LogP contribution >= 0.6 is 0 Å². The third-order valence-corrected chi connectivity index (χ3v) is 4.65. The number of pyridine rings is 1. The molecule has 0 aliphatic carbocycles. The first kappa shape index (κ1) is 18.6. The third kappa shape index (κ3) is 4.41. The molecule has 0 radical (unpaired) electrons. The van der Waals surface area contributed by atoms with E-state index in [0.717, 1.165) is 28.1 Å². The number of imidazole rings is 1. The van der Waals surface area contributed by atoms with E-state index in [0.29, 0.717) is 6.54 Å². The topological polar surface area (TPSA) is 57.0 Å². The summed E-state index contributed by atoms with van der Waals surface area (Å²) >= 11 is 0. The Hall–Kier alpha value is -3.73. The molecule has 0 aliphatic heterocycles. The van der Waals surface area contributed by atoms with Crippen LogP contribution < -0.4 is 0 Å². The molecule has 2 heterocycles. The van der Waals surface area contributed by atoms with Crippen molar-refractivity contribution in [3.8, 4) is 11.3 Å². The second kappa shape index (κ2) is 8.52. The highest BCUT2D eigenvalue weighted by Gasteiger charge is 2.21. The van der Waals surface area contributed by atoms with E-state index in [1.165, 1.54) is 6.92 Å². The van der Waals surface area contributed by atoms with Crippen molar-refractivity contribution in [2.24, 2.45) is 0 Å². The van der Waals surface area contributed by atoms with Crippen LogP contribution in [-0.4, -0.2) is 20.5 Å². The highest BCUT2D eigenvalue weighted by molar-refractivity contribution is 5.66. The molecule has 0 fully saturated rings. The Morgan fingerprint density at radius 3 is 2.34 bits per heavy atom. The van der Waals surface area contributed by atoms with Crippen molar-refractivity contribution in [3.05, 3.63) is 108 Å². The zero-order valence-corrected chi connectivity index (χ0v) is 16.1. The van der Waals surface area contributed by atoms with Gasteiger partial charge in [0.15, 0.2) is 6.10 Å². The number of hydrogen-bond donors (Lipinski definition) is 0. The fourth-order valence-electron chi connectivity index (χ4n) is 3.27. The van der Waals surface area contributed by atoms with Gasteiger partial charge in [-0.3, -0.25) is 9.78 Å². The molecule has 0 spiro atoms. The lowest BCUT2D eigenvalue weighted by Gasteiger charge is -2.19. The highest BCUT2D eigenvalue weighted by Crippen LogP contribution is 2.26. The molecule has 4 rings (SSSR count). The first-order chi connectivity index (χ1) is 14.2. The molecule has 0 aliphatic rings. The first-order valence-corrected chi connectivity index (χ1v) is 9.43. The summed E-state index contributed by atoms with van der Waals surface area (Å²) in [6, 6.07) is 23.8. The molecule has 29 heavy (non-hydrogen) atoms. The number of carbonyl (C=O) groups is 1. The van der Waals surface area contributed by atoms with Crippen molar-refractivity contribution in [2.45, 2.75) is 19.6 Å². The summed E-state index contributed by atoms with van der Waals surface area (Å²) in [4.78, 5) is 20.6. The maximum Gasteiger partial charge on any atom is 0.303 e. The summed E-state index contributed by atoms with van der Waals surface area (Å²) < 4.78 is 7.61. The number of esters is 1. The van der Waals surface area contributed by atoms with Crippen LogP contribution in [0.2, 0.25) is 0 Å². The third-order valence-electron chi connectivity index (χ3n) is 4.65. The minimum atomic E-state index is -0.507. The number of benzene rings is 2. The quantitative estimate of drug-likeness (QED) is 0.455. The van der Waals surface area contributed by atoms with E-state index in [1.54, 1.807) is 12.5 Å². The van der Waals surface area contributed by atoms with Crippen LogP contribution in [0.1, 0.15) is 29.8 Å². The number of carbonyl (C=O) groups excluding carboxylic acids is 1. The van der Waals surface area contributed by atoms with Crippen LogP contribution in [0.3, 0.4) is 0 Å². The minimum Gasteiger partial charge on any atom is -0.451 e. The Labute approximate surface area is 169 Å². The van der Waals surface area contributed by atoms with E-state index in [9.17, 15) is 4.79 Å². The van der Waals surface area contributed by atoms with Gasteiger partial charge in [-0.1, -0.05) is 66.7 Å². The fraction of sp³-hybridized carbons (Fsp3) is 0.125. The van der Waals surface area contributed by atoms with Crippen LogP contribution in [0, 0.1) is 0 Å². The molecule has 1 unspecified atom stereocenters. The second-order valence-corrected chi connectivity index (χ2v) is 6.76. The lowest BCUT2D eigenvalue weighted by Crippen LogP contribution is -2.15. The van der Waals surface area contributed by atoms with Crippen LogP contribution in [-0.2, 0) is 16.1 Å². The van der Waals surface area contributed by atoms with Gasteiger partial charge in [0.25, 0.3) is 0 Å². The summed E-state index contributed by atoms with van der Waals surface area (Å²) in [5.41, 5.74) is 4.78. The van der Waals surface area contributed by atoms with Gasteiger partial charge in [0.1, 0.15) is 0 Å². The largest absolute Gasteiger partial charge is 0.451 e. The van der Waals surface area contributed by atoms with E-state index >= 15 is 0 Å². The van der Waals surface area contributed by atoms with Gasteiger partial charge in [0.05, 0.1) is 30.5 Å². The van der Waals surface area contributed by atoms with Gasteiger partial charge >= 0.3 is 5.97 Å². The number of rotatable bonds is 6. The monoisotopic (exact) mass is 383 g/mol. The Bertz CT molecular complexity index is 1070. The highest BCUT2D eigenvalue weighted by atomic mass is 16.5. The van der Waals surface area contributed by atoms with Crippen LogP contribution in [0.25, 0.3) is 11.3 Å². The van der Waals surface area contributed by atoms with Gasteiger partial charge in [0.2, 0.25) is 0 Å². The summed E-state index contributed by atoms with van der Waals surface area (Å²) in [5, 5.41) is 0. The molecule has 4 aromatic rings. The van der Waals surface area contributed by atoms with Crippen LogP contribution in [0.15, 0.2) is 91.5 Å². The van der Waals surface area contributed by atoms with Gasteiger partial charge in [-0.05, 0) is 17.2 Å². The molecule has 0 saturated carbocycles. The number of ether oxygens (including phenoxy) is 1. The molecule has 2 aromatic carbocycles. The lowest BCUT2D eigenvalue weighted by molar-refractivity contribution is -0.145. The predicted octanol–water partition coefficient (Wildman–Crippen LogP) is 4.65. The normalized spacial score (nSPS) is 11.8. The molecule has 2 aromatic heterocycles.